The maximum atomic E-state index is 12.5. The zero-order valence-corrected chi connectivity index (χ0v) is 17.4. The number of halogens is 1. The van der Waals surface area contributed by atoms with Crippen LogP contribution in [-0.2, 0) is 4.79 Å². The lowest BCUT2D eigenvalue weighted by atomic mass is 10.1. The van der Waals surface area contributed by atoms with E-state index in [0.29, 0.717) is 28.9 Å². The minimum absolute atomic E-state index is 0.103. The maximum absolute atomic E-state index is 12.5. The standard InChI is InChI=1S/C20H26FN5O2S/c1-13-16(9-19(14(2)27)29-20(23)28)12-25-26(13)18(6-5-15-3-4-15)10-17(11-22)24-8-7-21/h9-10,12,15,22,24H,3-8H2,1-2H3,(H2,23,28)/b18-10-,19-9-. The lowest BCUT2D eigenvalue weighted by Gasteiger charge is -2.12. The molecule has 1 heterocycles. The van der Waals surface area contributed by atoms with Gasteiger partial charge in [0.1, 0.15) is 6.67 Å². The van der Waals surface area contributed by atoms with E-state index in [9.17, 15) is 14.0 Å². The summed E-state index contributed by atoms with van der Waals surface area (Å²) >= 11 is 0.689. The Balaban J connectivity index is 2.37. The number of ketones is 1. The molecular weight excluding hydrogens is 393 g/mol. The molecule has 0 bridgehead atoms. The van der Waals surface area contributed by atoms with Crippen molar-refractivity contribution < 1.29 is 14.0 Å². The fourth-order valence-electron chi connectivity index (χ4n) is 2.78. The number of carbonyl (C=O) groups is 2. The van der Waals surface area contributed by atoms with Gasteiger partial charge in [0.25, 0.3) is 5.24 Å². The second-order valence-electron chi connectivity index (χ2n) is 6.86. The summed E-state index contributed by atoms with van der Waals surface area (Å²) in [6, 6.07) is 0. The first-order valence-electron chi connectivity index (χ1n) is 9.40. The molecule has 0 radical (unpaired) electrons. The summed E-state index contributed by atoms with van der Waals surface area (Å²) in [4.78, 5) is 23.2. The molecule has 1 saturated carbocycles. The van der Waals surface area contributed by atoms with E-state index in [2.05, 4.69) is 16.3 Å². The lowest BCUT2D eigenvalue weighted by molar-refractivity contribution is -0.112. The van der Waals surface area contributed by atoms with Crippen LogP contribution in [0.3, 0.4) is 0 Å². The van der Waals surface area contributed by atoms with Crippen molar-refractivity contribution in [2.45, 2.75) is 39.5 Å². The van der Waals surface area contributed by atoms with Gasteiger partial charge in [-0.3, -0.25) is 15.0 Å². The lowest BCUT2D eigenvalue weighted by Crippen LogP contribution is -2.16. The van der Waals surface area contributed by atoms with Crippen LogP contribution in [0.1, 0.15) is 43.9 Å². The number of carbonyl (C=O) groups excluding carboxylic acids is 2. The predicted molar refractivity (Wildman–Crippen MR) is 114 cm³/mol. The van der Waals surface area contributed by atoms with Crippen LogP contribution < -0.4 is 11.1 Å². The molecule has 1 aromatic heterocycles. The van der Waals surface area contributed by atoms with E-state index in [4.69, 9.17) is 11.1 Å². The average molecular weight is 420 g/mol. The molecule has 156 valence electrons. The molecule has 29 heavy (non-hydrogen) atoms. The van der Waals surface area contributed by atoms with E-state index < -0.39 is 11.9 Å². The second-order valence-corrected chi connectivity index (χ2v) is 7.90. The summed E-state index contributed by atoms with van der Waals surface area (Å²) < 4.78 is 14.2. The summed E-state index contributed by atoms with van der Waals surface area (Å²) in [5.74, 6) is 2.75. The number of nitrogens with one attached hydrogen (secondary N) is 2. The van der Waals surface area contributed by atoms with Crippen LogP contribution in [0.4, 0.5) is 9.18 Å². The van der Waals surface area contributed by atoms with E-state index >= 15 is 0 Å². The number of Topliss-reactive ketones (excluding diaryl/α,β-unsaturated/α-hetero) is 1. The SMILES string of the molecule is CC(=O)/C(=C/c1cnn(/C(=C\C(=C=N)NCCF)CCC2CC2)c1C)SC(N)=O. The molecule has 0 spiro atoms. The third kappa shape index (κ3) is 7.03. The predicted octanol–water partition coefficient (Wildman–Crippen LogP) is 3.66. The first-order chi connectivity index (χ1) is 13.8. The number of allylic oxidation sites excluding steroid dienone is 3. The number of nitrogens with zero attached hydrogens (tertiary/aromatic N) is 2. The molecule has 2 rings (SSSR count). The van der Waals surface area contributed by atoms with Gasteiger partial charge in [-0.25, -0.2) is 9.07 Å². The number of hydrogen-bond acceptors (Lipinski definition) is 6. The van der Waals surface area contributed by atoms with Crippen molar-refractivity contribution in [2.75, 3.05) is 13.2 Å². The first kappa shape index (κ1) is 22.6. The minimum atomic E-state index is -0.652. The minimum Gasteiger partial charge on any atom is -0.375 e. The van der Waals surface area contributed by atoms with Crippen LogP contribution in [0.5, 0.6) is 0 Å². The fourth-order valence-corrected chi connectivity index (χ4v) is 3.33. The van der Waals surface area contributed by atoms with Crippen molar-refractivity contribution >= 4 is 40.4 Å². The van der Waals surface area contributed by atoms with Crippen molar-refractivity contribution in [1.82, 2.24) is 15.1 Å². The van der Waals surface area contributed by atoms with E-state index in [0.717, 1.165) is 24.2 Å². The number of rotatable bonds is 11. The highest BCUT2D eigenvalue weighted by Crippen LogP contribution is 2.35. The molecule has 1 amide bonds. The van der Waals surface area contributed by atoms with Gasteiger partial charge in [0.2, 0.25) is 0 Å². The Morgan fingerprint density at radius 1 is 1.52 bits per heavy atom. The molecule has 0 aliphatic heterocycles. The Kier molecular flexibility index (Phi) is 8.42. The zero-order valence-electron chi connectivity index (χ0n) is 16.6. The number of aromatic nitrogens is 2. The second kappa shape index (κ2) is 10.8. The van der Waals surface area contributed by atoms with Gasteiger partial charge in [0, 0.05) is 29.4 Å². The van der Waals surface area contributed by atoms with Gasteiger partial charge in [0.05, 0.1) is 16.8 Å². The first-order valence-corrected chi connectivity index (χ1v) is 10.2. The molecule has 1 aliphatic rings. The normalized spacial score (nSPS) is 14.4. The molecule has 1 fully saturated rings. The smallest absolute Gasteiger partial charge is 0.281 e. The molecule has 1 aliphatic carbocycles. The topological polar surface area (TPSA) is 114 Å². The van der Waals surface area contributed by atoms with Crippen LogP contribution in [0.15, 0.2) is 22.9 Å². The fraction of sp³-hybridized carbons (Fsp3) is 0.450. The number of amides is 1. The number of hydrogen-bond donors (Lipinski definition) is 3. The summed E-state index contributed by atoms with van der Waals surface area (Å²) in [6.45, 7) is 2.79. The maximum Gasteiger partial charge on any atom is 0.281 e. The number of thioether (sulfide) groups is 1. The largest absolute Gasteiger partial charge is 0.375 e. The molecular formula is C20H26FN5O2S. The van der Waals surface area contributed by atoms with E-state index in [1.54, 1.807) is 23.0 Å². The Morgan fingerprint density at radius 2 is 2.24 bits per heavy atom. The van der Waals surface area contributed by atoms with Crippen molar-refractivity contribution in [3.63, 3.8) is 0 Å². The molecule has 1 aromatic rings. The number of nitrogens with two attached hydrogens (primary N) is 1. The van der Waals surface area contributed by atoms with Gasteiger partial charge < -0.3 is 11.1 Å². The third-order valence-corrected chi connectivity index (χ3v) is 5.35. The van der Waals surface area contributed by atoms with Crippen LogP contribution in [0, 0.1) is 18.3 Å². The van der Waals surface area contributed by atoms with E-state index in [-0.39, 0.29) is 17.2 Å². The highest BCUT2D eigenvalue weighted by molar-refractivity contribution is 8.17. The van der Waals surface area contributed by atoms with Crippen molar-refractivity contribution in [1.29, 1.82) is 5.41 Å². The summed E-state index contributed by atoms with van der Waals surface area (Å²) in [5, 5.41) is 14.1. The van der Waals surface area contributed by atoms with Crippen molar-refractivity contribution in [3.8, 4) is 0 Å². The Hall–Kier alpha value is -2.64. The summed E-state index contributed by atoms with van der Waals surface area (Å²) in [6.07, 6.45) is 9.16. The van der Waals surface area contributed by atoms with Gasteiger partial charge in [-0.1, -0.05) is 12.8 Å². The van der Waals surface area contributed by atoms with Gasteiger partial charge in [-0.2, -0.15) is 5.10 Å². The van der Waals surface area contributed by atoms with E-state index in [1.807, 2.05) is 6.92 Å². The Bertz CT molecular complexity index is 879. The molecule has 4 N–H and O–H groups in total. The molecule has 0 atom stereocenters. The van der Waals surface area contributed by atoms with Crippen molar-refractivity contribution in [2.24, 2.45) is 11.7 Å². The molecule has 9 heteroatoms. The van der Waals surface area contributed by atoms with E-state index in [1.165, 1.54) is 19.8 Å². The molecule has 0 aromatic carbocycles. The van der Waals surface area contributed by atoms with Crippen LogP contribution in [0.2, 0.25) is 0 Å². The Morgan fingerprint density at radius 3 is 2.79 bits per heavy atom. The number of alkyl halides is 1. The van der Waals surface area contributed by atoms with Gasteiger partial charge in [-0.05, 0) is 56.5 Å². The molecule has 0 unspecified atom stereocenters. The molecule has 7 nitrogen and oxygen atoms in total. The van der Waals surface area contributed by atoms with Crippen molar-refractivity contribution in [3.05, 3.63) is 34.1 Å². The average Bonchev–Trinajstić information content (AvgIpc) is 3.44. The number of primary amides is 1. The quantitative estimate of drug-likeness (QED) is 0.288. The monoisotopic (exact) mass is 419 g/mol. The van der Waals surface area contributed by atoms with Gasteiger partial charge in [-0.15, -0.1) is 0 Å². The van der Waals surface area contributed by atoms with Crippen LogP contribution >= 0.6 is 11.8 Å². The summed E-state index contributed by atoms with van der Waals surface area (Å²) in [5.41, 5.74) is 7.91. The van der Waals surface area contributed by atoms with Gasteiger partial charge >= 0.3 is 0 Å². The van der Waals surface area contributed by atoms with Crippen LogP contribution in [0.25, 0.3) is 11.8 Å². The highest BCUT2D eigenvalue weighted by atomic mass is 32.2. The van der Waals surface area contributed by atoms with Gasteiger partial charge in [0.15, 0.2) is 5.78 Å². The zero-order chi connectivity index (χ0) is 21.4. The summed E-state index contributed by atoms with van der Waals surface area (Å²) in [7, 11) is 0. The Labute approximate surface area is 173 Å². The molecule has 0 saturated heterocycles. The highest BCUT2D eigenvalue weighted by Gasteiger charge is 2.22. The van der Waals surface area contributed by atoms with Crippen LogP contribution in [-0.4, -0.2) is 39.9 Å². The third-order valence-electron chi connectivity index (χ3n) is 4.53.